The summed E-state index contributed by atoms with van der Waals surface area (Å²) < 4.78 is 21.9. The molecule has 0 spiro atoms. The number of anilines is 3. The number of allylic oxidation sites excluding steroid dienone is 2. The number of aromatic nitrogens is 3. The van der Waals surface area contributed by atoms with Crippen LogP contribution in [0.5, 0.6) is 0 Å². The summed E-state index contributed by atoms with van der Waals surface area (Å²) in [5, 5.41) is 15.1. The van der Waals surface area contributed by atoms with Crippen molar-refractivity contribution >= 4 is 60.5 Å². The minimum atomic E-state index is -2.50. The fraction of sp³-hybridized carbons (Fsp3) is 0.425. The van der Waals surface area contributed by atoms with E-state index in [1.165, 1.54) is 24.3 Å². The molecule has 14 nitrogen and oxygen atoms in total. The van der Waals surface area contributed by atoms with Crippen LogP contribution in [0.2, 0.25) is 23.2 Å². The summed E-state index contributed by atoms with van der Waals surface area (Å²) in [6.45, 7) is 13.7. The number of piperazine rings is 1. The van der Waals surface area contributed by atoms with Crippen molar-refractivity contribution in [3.8, 4) is 11.3 Å². The summed E-state index contributed by atoms with van der Waals surface area (Å²) in [7, 11) is 1.23. The zero-order valence-corrected chi connectivity index (χ0v) is 35.0. The topological polar surface area (TPSA) is 176 Å². The number of carbonyl (C=O) groups excluding carboxylic acids is 4. The third-order valence-electron chi connectivity index (χ3n) is 11.4. The van der Waals surface area contributed by atoms with Crippen LogP contribution < -0.4 is 21.3 Å². The van der Waals surface area contributed by atoms with Gasteiger partial charge < -0.3 is 30.6 Å². The number of carbonyl (C=O) groups is 4. The van der Waals surface area contributed by atoms with Gasteiger partial charge in [0.05, 0.1) is 29.6 Å². The number of Topliss-reactive ketones (excluding diaryl/α,β-unsaturated/α-hetero) is 1. The Balaban J connectivity index is 1.41. The Kier molecular flexibility index (Phi) is 11.8. The molecule has 2 amide bonds. The van der Waals surface area contributed by atoms with Crippen molar-refractivity contribution in [1.29, 1.82) is 0 Å². The van der Waals surface area contributed by atoms with Crippen molar-refractivity contribution in [1.82, 2.24) is 30.3 Å². The first kappa shape index (κ1) is 41.8. The molecule has 0 saturated carbocycles. The number of halogens is 2. The van der Waals surface area contributed by atoms with Gasteiger partial charge in [-0.25, -0.2) is 4.39 Å². The maximum atomic E-state index is 15.2. The van der Waals surface area contributed by atoms with E-state index >= 15 is 4.39 Å². The molecule has 2 unspecified atom stereocenters. The second kappa shape index (κ2) is 16.2. The molecule has 17 heteroatoms. The van der Waals surface area contributed by atoms with Crippen LogP contribution in [0, 0.1) is 11.2 Å². The number of primary amides is 1. The summed E-state index contributed by atoms with van der Waals surface area (Å²) in [6.07, 6.45) is 4.15. The predicted octanol–water partition coefficient (Wildman–Crippen LogP) is 4.43. The molecular weight excluding hydrogens is 769 g/mol. The summed E-state index contributed by atoms with van der Waals surface area (Å²) in [5.41, 5.74) is 6.17. The second-order valence-corrected chi connectivity index (χ2v) is 21.7. The van der Waals surface area contributed by atoms with Crippen LogP contribution in [0.1, 0.15) is 32.4 Å². The molecule has 4 N–H and O–H groups in total. The molecule has 2 aliphatic heterocycles. The van der Waals surface area contributed by atoms with Crippen molar-refractivity contribution in [3.05, 3.63) is 82.6 Å². The van der Waals surface area contributed by atoms with Crippen LogP contribution in [0.4, 0.5) is 21.6 Å². The normalized spacial score (nSPS) is 19.8. The van der Waals surface area contributed by atoms with Crippen molar-refractivity contribution in [3.63, 3.8) is 0 Å². The van der Waals surface area contributed by atoms with Crippen molar-refractivity contribution < 1.29 is 28.0 Å². The molecule has 1 aliphatic carbocycles. The van der Waals surface area contributed by atoms with Gasteiger partial charge in [-0.2, -0.15) is 0 Å². The smallest absolute Gasteiger partial charge is 0.239 e. The maximum absolute atomic E-state index is 15.2. The number of hydrogen-bond donors (Lipinski definition) is 3. The van der Waals surface area contributed by atoms with Gasteiger partial charge in [-0.05, 0) is 73.7 Å². The van der Waals surface area contributed by atoms with Gasteiger partial charge in [-0.15, -0.1) is 10.2 Å². The number of pyridine rings is 1. The van der Waals surface area contributed by atoms with Gasteiger partial charge in [0.1, 0.15) is 11.2 Å². The minimum Gasteiger partial charge on any atom is -0.415 e. The van der Waals surface area contributed by atoms with E-state index in [4.69, 9.17) is 21.8 Å². The van der Waals surface area contributed by atoms with E-state index in [-0.39, 0.29) is 46.5 Å². The SMILES string of the molecule is CN1CCN(CC(C(N)=O)c2cc(Nc3cc(-c4cc(Cl)ccc4F)nnc3N(C)CC3(CO[Si](C)(C)C(C)(C)C)C(=O)NC4=C3C(=O)C(=O)C=C4)ccn2)CC1. The van der Waals surface area contributed by atoms with E-state index in [9.17, 15) is 19.2 Å². The number of amides is 2. The van der Waals surface area contributed by atoms with E-state index in [2.05, 4.69) is 63.4 Å². The molecule has 4 heterocycles. The van der Waals surface area contributed by atoms with Gasteiger partial charge in [0.15, 0.2) is 14.1 Å². The van der Waals surface area contributed by atoms with E-state index in [0.29, 0.717) is 28.6 Å². The van der Waals surface area contributed by atoms with Crippen LogP contribution in [-0.2, 0) is 23.6 Å². The number of ketones is 2. The first-order valence-corrected chi connectivity index (χ1v) is 22.0. The first-order chi connectivity index (χ1) is 26.8. The highest BCUT2D eigenvalue weighted by Crippen LogP contribution is 2.44. The molecule has 3 aromatic rings. The molecule has 2 aromatic heterocycles. The Morgan fingerprint density at radius 3 is 2.51 bits per heavy atom. The Hall–Kier alpha value is -4.87. The van der Waals surface area contributed by atoms with Gasteiger partial charge in [-0.3, -0.25) is 29.1 Å². The number of nitrogens with two attached hydrogens (primary N) is 1. The summed E-state index contributed by atoms with van der Waals surface area (Å²) in [5.74, 6) is -3.59. The zero-order chi connectivity index (χ0) is 41.4. The monoisotopic (exact) mass is 817 g/mol. The molecule has 302 valence electrons. The van der Waals surface area contributed by atoms with E-state index < -0.39 is 48.8 Å². The Morgan fingerprint density at radius 2 is 1.82 bits per heavy atom. The molecule has 2 atom stereocenters. The van der Waals surface area contributed by atoms with Crippen LogP contribution >= 0.6 is 11.6 Å². The fourth-order valence-corrected chi connectivity index (χ4v) is 8.12. The minimum absolute atomic E-state index is 0.0299. The quantitative estimate of drug-likeness (QED) is 0.126. The average Bonchev–Trinajstić information content (AvgIpc) is 3.43. The lowest BCUT2D eigenvalue weighted by Gasteiger charge is -2.41. The number of likely N-dealkylation sites (N-methyl/N-ethyl adjacent to an activating group) is 1. The molecule has 6 rings (SSSR count). The lowest BCUT2D eigenvalue weighted by molar-refractivity contribution is -0.134. The molecule has 3 aliphatic rings. The lowest BCUT2D eigenvalue weighted by atomic mass is 9.76. The Bertz CT molecular complexity index is 2170. The number of rotatable bonds is 13. The van der Waals surface area contributed by atoms with Gasteiger partial charge >= 0.3 is 0 Å². The number of nitrogens with zero attached hydrogens (tertiary/aromatic N) is 6. The van der Waals surface area contributed by atoms with Crippen LogP contribution in [0.25, 0.3) is 11.3 Å². The Labute approximate surface area is 337 Å². The standard InChI is InChI=1S/C40H49ClFN9O5Si/c1-39(2,3)57(6,7)56-23-40(34-29(46-38(40)55)10-11-33(52)35(34)53)22-50(5)37-32(20-31(47-48-37)26-18-24(41)8-9-28(26)42)45-25-12-13-44-30(19-25)27(36(43)54)21-51-16-14-49(4)15-17-51/h8-13,18-20,27H,14-17,21-23H2,1-7H3,(H2,43,54)(H,46,55)(H,44,45,47). The second-order valence-electron chi connectivity index (χ2n) is 16.5. The van der Waals surface area contributed by atoms with Crippen molar-refractivity contribution in [2.24, 2.45) is 11.1 Å². The molecule has 0 radical (unpaired) electrons. The highest BCUT2D eigenvalue weighted by molar-refractivity contribution is 6.74. The van der Waals surface area contributed by atoms with Crippen LogP contribution in [0.3, 0.4) is 0 Å². The molecule has 1 fully saturated rings. The van der Waals surface area contributed by atoms with Crippen LogP contribution in [-0.4, -0.2) is 117 Å². The number of nitrogens with one attached hydrogen (secondary N) is 2. The van der Waals surface area contributed by atoms with Gasteiger partial charge in [-0.1, -0.05) is 32.4 Å². The average molecular weight is 818 g/mol. The highest BCUT2D eigenvalue weighted by Gasteiger charge is 2.55. The van der Waals surface area contributed by atoms with Crippen LogP contribution in [0.15, 0.2) is 66.0 Å². The third kappa shape index (κ3) is 8.69. The predicted molar refractivity (Wildman–Crippen MR) is 219 cm³/mol. The third-order valence-corrected chi connectivity index (χ3v) is 16.1. The summed E-state index contributed by atoms with van der Waals surface area (Å²) in [4.78, 5) is 63.9. The van der Waals surface area contributed by atoms with E-state index in [1.54, 1.807) is 36.3 Å². The van der Waals surface area contributed by atoms with Crippen molar-refractivity contribution in [2.45, 2.75) is 44.8 Å². The van der Waals surface area contributed by atoms with Crippen molar-refractivity contribution in [2.75, 3.05) is 70.2 Å². The maximum Gasteiger partial charge on any atom is 0.239 e. The van der Waals surface area contributed by atoms with Gasteiger partial charge in [0.2, 0.25) is 23.4 Å². The van der Waals surface area contributed by atoms with Gasteiger partial charge in [0, 0.05) is 80.1 Å². The number of benzene rings is 1. The largest absolute Gasteiger partial charge is 0.415 e. The highest BCUT2D eigenvalue weighted by atomic mass is 35.5. The lowest BCUT2D eigenvalue weighted by Crippen LogP contribution is -2.52. The fourth-order valence-electron chi connectivity index (χ4n) is 6.91. The summed E-state index contributed by atoms with van der Waals surface area (Å²) in [6, 6.07) is 9.13. The summed E-state index contributed by atoms with van der Waals surface area (Å²) >= 11 is 6.26. The van der Waals surface area contributed by atoms with E-state index in [0.717, 1.165) is 32.3 Å². The van der Waals surface area contributed by atoms with E-state index in [1.807, 2.05) is 13.1 Å². The molecule has 1 aromatic carbocycles. The van der Waals surface area contributed by atoms with Gasteiger partial charge in [0.25, 0.3) is 0 Å². The molecule has 1 saturated heterocycles. The molecule has 0 bridgehead atoms. The molecule has 57 heavy (non-hydrogen) atoms. The molecular formula is C40H49ClFN9O5Si. The Morgan fingerprint density at radius 1 is 1.11 bits per heavy atom. The first-order valence-electron chi connectivity index (χ1n) is 18.7. The number of hydrogen-bond acceptors (Lipinski definition) is 12. The zero-order valence-electron chi connectivity index (χ0n) is 33.3.